The third-order valence-corrected chi connectivity index (χ3v) is 11.2. The molecule has 0 amide bonds. The molecule has 12 heteroatoms. The van der Waals surface area contributed by atoms with Crippen LogP contribution in [0.25, 0.3) is 0 Å². The molecule has 5 fully saturated rings. The van der Waals surface area contributed by atoms with Crippen LogP contribution >= 0.6 is 0 Å². The first-order valence-electron chi connectivity index (χ1n) is 15.6. The van der Waals surface area contributed by atoms with E-state index in [4.69, 9.17) is 9.47 Å². The van der Waals surface area contributed by atoms with Crippen molar-refractivity contribution in [3.05, 3.63) is 104 Å². The first-order chi connectivity index (χ1) is 22.2. The summed E-state index contributed by atoms with van der Waals surface area (Å²) in [5, 5.41) is 22.2. The predicted molar refractivity (Wildman–Crippen MR) is 166 cm³/mol. The Labute approximate surface area is 270 Å². The van der Waals surface area contributed by atoms with Crippen LogP contribution in [0.2, 0.25) is 0 Å². The van der Waals surface area contributed by atoms with Crippen LogP contribution in [0.5, 0.6) is 0 Å². The van der Waals surface area contributed by atoms with Gasteiger partial charge < -0.3 is 9.47 Å². The summed E-state index contributed by atoms with van der Waals surface area (Å²) in [5.74, 6) is -3.17. The summed E-state index contributed by atoms with van der Waals surface area (Å²) in [5.41, 5.74) is -2.50. The lowest BCUT2D eigenvalue weighted by atomic mass is 9.35. The van der Waals surface area contributed by atoms with Crippen LogP contribution in [-0.2, 0) is 19.1 Å². The molecule has 2 unspecified atom stereocenters. The average Bonchev–Trinajstić information content (AvgIpc) is 3.07. The van der Waals surface area contributed by atoms with E-state index in [0.717, 1.165) is 0 Å². The van der Waals surface area contributed by atoms with E-state index in [1.807, 2.05) is 6.92 Å². The number of non-ortho nitro benzene ring substituents is 2. The molecule has 2 bridgehead atoms. The highest BCUT2D eigenvalue weighted by Gasteiger charge is 2.73. The zero-order valence-corrected chi connectivity index (χ0v) is 25.9. The maximum absolute atomic E-state index is 14.4. The van der Waals surface area contributed by atoms with Crippen LogP contribution in [0.15, 0.2) is 72.8 Å². The molecule has 0 aromatic heterocycles. The maximum atomic E-state index is 14.4. The minimum absolute atomic E-state index is 0.107. The number of benzene rings is 2. The van der Waals surface area contributed by atoms with Crippen molar-refractivity contribution in [3.63, 3.8) is 0 Å². The van der Waals surface area contributed by atoms with Crippen LogP contribution < -0.4 is 0 Å². The van der Waals surface area contributed by atoms with Crippen molar-refractivity contribution >= 4 is 34.9 Å². The molecule has 5 aliphatic rings. The van der Waals surface area contributed by atoms with E-state index in [-0.39, 0.29) is 58.8 Å². The molecule has 244 valence electrons. The van der Waals surface area contributed by atoms with Crippen molar-refractivity contribution in [3.8, 4) is 0 Å². The second-order valence-corrected chi connectivity index (χ2v) is 13.6. The molecule has 1 spiro atoms. The molecule has 0 N–H and O–H groups in total. The number of nitrogens with zero attached hydrogens (tertiary/aromatic N) is 2. The van der Waals surface area contributed by atoms with Gasteiger partial charge in [0.05, 0.1) is 39.6 Å². The smallest absolute Gasteiger partial charge is 0.338 e. The van der Waals surface area contributed by atoms with Gasteiger partial charge in [-0.05, 0) is 79.4 Å². The normalized spacial score (nSPS) is 31.0. The van der Waals surface area contributed by atoms with Gasteiger partial charge in [0, 0.05) is 41.0 Å². The summed E-state index contributed by atoms with van der Waals surface area (Å²) < 4.78 is 11.8. The van der Waals surface area contributed by atoms with Gasteiger partial charge in [-0.3, -0.25) is 29.8 Å². The molecule has 0 saturated heterocycles. The predicted octanol–water partition coefficient (Wildman–Crippen LogP) is 5.99. The monoisotopic (exact) mass is 642 g/mol. The molecule has 47 heavy (non-hydrogen) atoms. The first-order valence-corrected chi connectivity index (χ1v) is 15.6. The fourth-order valence-electron chi connectivity index (χ4n) is 9.15. The lowest BCUT2D eigenvalue weighted by Crippen LogP contribution is -2.69. The van der Waals surface area contributed by atoms with E-state index in [1.165, 1.54) is 48.5 Å². The SMILES string of the molecule is C=C1C(=O)[C@@]23CC[C@@H](CC2[C@]2(COC(=O)c4ccc([N+](=O)[O-])cc4)CCC[C@@](C)(COC(=O)c4ccc([N+](=O)[O-])cc4)C12)C(=C)C3=O. The lowest BCUT2D eigenvalue weighted by Gasteiger charge is -2.67. The van der Waals surface area contributed by atoms with Gasteiger partial charge in [-0.2, -0.15) is 0 Å². The molecular formula is C35H34N2O10. The lowest BCUT2D eigenvalue weighted by molar-refractivity contribution is -0.385. The third kappa shape index (κ3) is 4.88. The number of carbonyl (C=O) groups excluding carboxylic acids is 4. The summed E-state index contributed by atoms with van der Waals surface area (Å²) in [6, 6.07) is 10.1. The quantitative estimate of drug-likeness (QED) is 0.109. The Morgan fingerprint density at radius 1 is 0.809 bits per heavy atom. The largest absolute Gasteiger partial charge is 0.461 e. The van der Waals surface area contributed by atoms with Gasteiger partial charge in [-0.1, -0.05) is 26.5 Å². The second-order valence-electron chi connectivity index (χ2n) is 13.6. The topological polar surface area (TPSA) is 173 Å². The minimum Gasteiger partial charge on any atom is -0.461 e. The van der Waals surface area contributed by atoms with Gasteiger partial charge >= 0.3 is 11.9 Å². The Hall–Kier alpha value is -5.00. The molecular weight excluding hydrogens is 608 g/mol. The first kappa shape index (κ1) is 32.0. The van der Waals surface area contributed by atoms with Crippen molar-refractivity contribution in [2.24, 2.45) is 34.0 Å². The highest BCUT2D eigenvalue weighted by Crippen LogP contribution is 2.71. The van der Waals surface area contributed by atoms with Crippen LogP contribution in [0, 0.1) is 54.2 Å². The number of carbonyl (C=O) groups is 4. The average molecular weight is 643 g/mol. The van der Waals surface area contributed by atoms with Crippen molar-refractivity contribution in [1.29, 1.82) is 0 Å². The summed E-state index contributed by atoms with van der Waals surface area (Å²) >= 11 is 0. The Balaban J connectivity index is 1.35. The standard InChI is InChI=1S/C35H34N2O10/c1-20-24-13-16-35(29(20)38)27(17-24)34(19-47-32(41)23-7-11-26(12-8-23)37(44)45)15-4-14-33(3,28(34)21(2)30(35)39)18-46-31(40)22-5-9-25(10-6-22)36(42)43/h5-12,24,27-28H,1-2,4,13-19H2,3H3/t24-,27?,28?,33-,34+,35-/m0/s1. The number of rotatable bonds is 8. The Morgan fingerprint density at radius 3 is 1.85 bits per heavy atom. The number of allylic oxidation sites excluding steroid dienone is 2. The number of Topliss-reactive ketones (excluding diaryl/α,β-unsaturated/α-hetero) is 2. The van der Waals surface area contributed by atoms with Gasteiger partial charge in [0.2, 0.25) is 0 Å². The third-order valence-electron chi connectivity index (χ3n) is 11.2. The highest BCUT2D eigenvalue weighted by atomic mass is 16.6. The number of ketones is 2. The zero-order chi connectivity index (χ0) is 33.9. The van der Waals surface area contributed by atoms with Crippen molar-refractivity contribution in [2.75, 3.05) is 13.2 Å². The van der Waals surface area contributed by atoms with Crippen LogP contribution in [0.1, 0.15) is 66.2 Å². The fraction of sp³-hybridized carbons (Fsp3) is 0.429. The highest BCUT2D eigenvalue weighted by molar-refractivity contribution is 6.21. The fourth-order valence-corrected chi connectivity index (χ4v) is 9.15. The molecule has 12 nitrogen and oxygen atoms in total. The van der Waals surface area contributed by atoms with Gasteiger partial charge in [-0.25, -0.2) is 9.59 Å². The van der Waals surface area contributed by atoms with E-state index >= 15 is 0 Å². The number of fused-ring (bicyclic) bond motifs is 3. The van der Waals surface area contributed by atoms with Crippen molar-refractivity contribution < 1.29 is 38.5 Å². The molecule has 0 radical (unpaired) electrons. The molecule has 7 rings (SSSR count). The number of hydrogen-bond acceptors (Lipinski definition) is 10. The summed E-state index contributed by atoms with van der Waals surface area (Å²) in [4.78, 5) is 75.8. The molecule has 5 aliphatic carbocycles. The summed E-state index contributed by atoms with van der Waals surface area (Å²) in [7, 11) is 0. The summed E-state index contributed by atoms with van der Waals surface area (Å²) in [6.45, 7) is 9.97. The Bertz CT molecular complexity index is 1750. The molecule has 5 saturated carbocycles. The molecule has 6 atom stereocenters. The van der Waals surface area contributed by atoms with E-state index in [0.29, 0.717) is 44.1 Å². The number of esters is 2. The molecule has 2 aromatic carbocycles. The van der Waals surface area contributed by atoms with Crippen molar-refractivity contribution in [2.45, 2.75) is 45.4 Å². The summed E-state index contributed by atoms with van der Waals surface area (Å²) in [6.07, 6.45) is 3.24. The van der Waals surface area contributed by atoms with Gasteiger partial charge in [0.15, 0.2) is 11.6 Å². The number of hydrogen-bond donors (Lipinski definition) is 0. The van der Waals surface area contributed by atoms with Gasteiger partial charge in [0.1, 0.15) is 0 Å². The van der Waals surface area contributed by atoms with Crippen LogP contribution in [-0.4, -0.2) is 46.6 Å². The van der Waals surface area contributed by atoms with E-state index in [1.54, 1.807) is 0 Å². The van der Waals surface area contributed by atoms with Crippen molar-refractivity contribution in [1.82, 2.24) is 0 Å². The van der Waals surface area contributed by atoms with E-state index in [2.05, 4.69) is 13.2 Å². The van der Waals surface area contributed by atoms with Crippen LogP contribution in [0.3, 0.4) is 0 Å². The number of ether oxygens (including phenoxy) is 2. The molecule has 0 heterocycles. The van der Waals surface area contributed by atoms with E-state index < -0.39 is 49.9 Å². The Morgan fingerprint density at radius 2 is 1.32 bits per heavy atom. The van der Waals surface area contributed by atoms with Crippen LogP contribution in [0.4, 0.5) is 11.4 Å². The van der Waals surface area contributed by atoms with Gasteiger partial charge in [0.25, 0.3) is 11.4 Å². The number of nitro benzene ring substituents is 2. The minimum atomic E-state index is -1.35. The Kier molecular flexibility index (Phi) is 7.72. The van der Waals surface area contributed by atoms with E-state index in [9.17, 15) is 39.4 Å². The molecule has 2 aromatic rings. The maximum Gasteiger partial charge on any atom is 0.338 e. The zero-order valence-electron chi connectivity index (χ0n) is 25.9. The second kappa shape index (κ2) is 11.4. The van der Waals surface area contributed by atoms with Gasteiger partial charge in [-0.15, -0.1) is 0 Å². The molecule has 0 aliphatic heterocycles. The number of nitro groups is 2.